The highest BCUT2D eigenvalue weighted by atomic mass is 127. The highest BCUT2D eigenvalue weighted by Gasteiger charge is 2.09. The van der Waals surface area contributed by atoms with Crippen molar-refractivity contribution in [1.82, 2.24) is 4.98 Å². The van der Waals surface area contributed by atoms with Gasteiger partial charge in [-0.15, -0.1) is 0 Å². The summed E-state index contributed by atoms with van der Waals surface area (Å²) >= 11 is 3.68. The summed E-state index contributed by atoms with van der Waals surface area (Å²) in [4.78, 5) is 5.37. The zero-order chi connectivity index (χ0) is 12.5. The summed E-state index contributed by atoms with van der Waals surface area (Å²) in [5, 5.41) is 0.615. The summed E-state index contributed by atoms with van der Waals surface area (Å²) < 4.78 is 6.77. The van der Waals surface area contributed by atoms with Crippen LogP contribution in [0.5, 0.6) is 0 Å². The predicted molar refractivity (Wildman–Crippen MR) is 81.7 cm³/mol. The number of fused-ring (bicyclic) bond motifs is 1. The third-order valence-corrected chi connectivity index (χ3v) is 4.06. The molecule has 0 unspecified atom stereocenters. The normalized spacial score (nSPS) is 10.9. The van der Waals surface area contributed by atoms with Crippen LogP contribution in [0.25, 0.3) is 11.1 Å². The Morgan fingerprint density at radius 2 is 2.00 bits per heavy atom. The van der Waals surface area contributed by atoms with Crippen molar-refractivity contribution in [1.29, 1.82) is 0 Å². The zero-order valence-corrected chi connectivity index (χ0v) is 12.2. The maximum atomic E-state index is 5.97. The number of benzene rings is 2. The first-order valence-corrected chi connectivity index (χ1v) is 7.20. The largest absolute Gasteiger partial charge is 0.431 e. The van der Waals surface area contributed by atoms with E-state index in [1.807, 2.05) is 42.5 Å². The van der Waals surface area contributed by atoms with E-state index in [0.29, 0.717) is 5.22 Å². The number of nitrogens with zero attached hydrogens (tertiary/aromatic N) is 1. The number of nitrogen functional groups attached to an aromatic ring is 1. The third-order valence-electron chi connectivity index (χ3n) is 2.44. The molecule has 0 aliphatic rings. The molecule has 0 fully saturated rings. The third kappa shape index (κ3) is 2.32. The highest BCUT2D eigenvalue weighted by molar-refractivity contribution is 14.1. The van der Waals surface area contributed by atoms with Gasteiger partial charge in [-0.05, 0) is 64.7 Å². The second-order valence-electron chi connectivity index (χ2n) is 3.73. The van der Waals surface area contributed by atoms with Gasteiger partial charge in [-0.1, -0.05) is 12.1 Å². The van der Waals surface area contributed by atoms with Crippen LogP contribution in [0.15, 0.2) is 57.0 Å². The molecule has 2 aromatic carbocycles. The topological polar surface area (TPSA) is 52.0 Å². The molecular weight excluding hydrogens is 359 g/mol. The second kappa shape index (κ2) is 4.81. The molecule has 0 atom stereocenters. The molecule has 0 spiro atoms. The quantitative estimate of drug-likeness (QED) is 0.545. The summed E-state index contributed by atoms with van der Waals surface area (Å²) in [6.45, 7) is 0. The van der Waals surface area contributed by atoms with E-state index in [2.05, 4.69) is 27.6 Å². The standard InChI is InChI=1S/C13H9IN2OS/c14-8-5-6-12(9(15)7-8)18-13-16-10-3-1-2-4-11(10)17-13/h1-7H,15H2. The van der Waals surface area contributed by atoms with Gasteiger partial charge >= 0.3 is 0 Å². The average molecular weight is 368 g/mol. The molecule has 0 amide bonds. The van der Waals surface area contributed by atoms with Gasteiger partial charge in [0, 0.05) is 14.2 Å². The van der Waals surface area contributed by atoms with Gasteiger partial charge in [-0.2, -0.15) is 0 Å². The summed E-state index contributed by atoms with van der Waals surface area (Å²) in [5.74, 6) is 0. The van der Waals surface area contributed by atoms with Crippen molar-refractivity contribution in [2.24, 2.45) is 0 Å². The number of aromatic nitrogens is 1. The molecule has 18 heavy (non-hydrogen) atoms. The van der Waals surface area contributed by atoms with E-state index in [0.717, 1.165) is 25.3 Å². The first-order valence-electron chi connectivity index (χ1n) is 5.31. The summed E-state index contributed by atoms with van der Waals surface area (Å²) in [6, 6.07) is 13.6. The Labute approximate surface area is 122 Å². The minimum absolute atomic E-state index is 0.615. The van der Waals surface area contributed by atoms with E-state index in [1.165, 1.54) is 11.8 Å². The first kappa shape index (κ1) is 11.9. The van der Waals surface area contributed by atoms with Gasteiger partial charge in [0.15, 0.2) is 5.58 Å². The van der Waals surface area contributed by atoms with Crippen LogP contribution in [0.1, 0.15) is 0 Å². The lowest BCUT2D eigenvalue weighted by atomic mass is 10.3. The molecule has 2 N–H and O–H groups in total. The van der Waals surface area contributed by atoms with Crippen LogP contribution in [-0.4, -0.2) is 4.98 Å². The molecule has 90 valence electrons. The number of para-hydroxylation sites is 2. The molecule has 3 rings (SSSR count). The lowest BCUT2D eigenvalue weighted by Crippen LogP contribution is -1.88. The molecule has 3 aromatic rings. The van der Waals surface area contributed by atoms with E-state index in [9.17, 15) is 0 Å². The SMILES string of the molecule is Nc1cc(I)ccc1Sc1nc2ccccc2o1. The number of hydrogen-bond acceptors (Lipinski definition) is 4. The summed E-state index contributed by atoms with van der Waals surface area (Å²) in [5.41, 5.74) is 8.37. The first-order chi connectivity index (χ1) is 8.72. The monoisotopic (exact) mass is 368 g/mol. The van der Waals surface area contributed by atoms with Crippen molar-refractivity contribution < 1.29 is 4.42 Å². The van der Waals surface area contributed by atoms with Crippen LogP contribution in [0.4, 0.5) is 5.69 Å². The fourth-order valence-corrected chi connectivity index (χ4v) is 2.89. The zero-order valence-electron chi connectivity index (χ0n) is 9.26. The van der Waals surface area contributed by atoms with Crippen molar-refractivity contribution >= 4 is 51.1 Å². The summed E-state index contributed by atoms with van der Waals surface area (Å²) in [7, 11) is 0. The number of hydrogen-bond donors (Lipinski definition) is 1. The number of oxazole rings is 1. The molecule has 0 bridgehead atoms. The van der Waals surface area contributed by atoms with E-state index in [-0.39, 0.29) is 0 Å². The smallest absolute Gasteiger partial charge is 0.261 e. The van der Waals surface area contributed by atoms with E-state index in [4.69, 9.17) is 10.2 Å². The molecule has 0 aliphatic carbocycles. The Balaban J connectivity index is 1.96. The average Bonchev–Trinajstić information content (AvgIpc) is 2.75. The van der Waals surface area contributed by atoms with Crippen molar-refractivity contribution in [2.45, 2.75) is 10.1 Å². The van der Waals surface area contributed by atoms with Crippen molar-refractivity contribution in [3.8, 4) is 0 Å². The molecule has 0 saturated heterocycles. The fraction of sp³-hybridized carbons (Fsp3) is 0. The van der Waals surface area contributed by atoms with Gasteiger partial charge < -0.3 is 10.2 Å². The van der Waals surface area contributed by atoms with Crippen molar-refractivity contribution in [3.05, 3.63) is 46.0 Å². The Kier molecular flexibility index (Phi) is 3.17. The lowest BCUT2D eigenvalue weighted by molar-refractivity contribution is 0.489. The molecule has 3 nitrogen and oxygen atoms in total. The Hall–Kier alpha value is -1.21. The number of rotatable bonds is 2. The minimum Gasteiger partial charge on any atom is -0.431 e. The maximum absolute atomic E-state index is 5.97. The molecule has 0 aliphatic heterocycles. The molecular formula is C13H9IN2OS. The van der Waals surface area contributed by atoms with E-state index < -0.39 is 0 Å². The van der Waals surface area contributed by atoms with Crippen molar-refractivity contribution in [3.63, 3.8) is 0 Å². The maximum Gasteiger partial charge on any atom is 0.261 e. The minimum atomic E-state index is 0.615. The lowest BCUT2D eigenvalue weighted by Gasteiger charge is -2.02. The Morgan fingerprint density at radius 1 is 1.17 bits per heavy atom. The van der Waals surface area contributed by atoms with Crippen LogP contribution in [0.2, 0.25) is 0 Å². The molecule has 1 aromatic heterocycles. The Morgan fingerprint density at radius 3 is 2.78 bits per heavy atom. The van der Waals surface area contributed by atoms with E-state index in [1.54, 1.807) is 0 Å². The highest BCUT2D eigenvalue weighted by Crippen LogP contribution is 2.33. The van der Waals surface area contributed by atoms with Gasteiger partial charge in [-0.25, -0.2) is 4.98 Å². The van der Waals surface area contributed by atoms with Gasteiger partial charge in [-0.3, -0.25) is 0 Å². The number of anilines is 1. The second-order valence-corrected chi connectivity index (χ2v) is 5.97. The van der Waals surface area contributed by atoms with Gasteiger partial charge in [0.05, 0.1) is 0 Å². The van der Waals surface area contributed by atoms with Crippen molar-refractivity contribution in [2.75, 3.05) is 5.73 Å². The van der Waals surface area contributed by atoms with Crippen LogP contribution < -0.4 is 5.73 Å². The molecule has 0 saturated carbocycles. The van der Waals surface area contributed by atoms with Gasteiger partial charge in [0.1, 0.15) is 5.52 Å². The van der Waals surface area contributed by atoms with Gasteiger partial charge in [0.25, 0.3) is 5.22 Å². The van der Waals surface area contributed by atoms with E-state index >= 15 is 0 Å². The van der Waals surface area contributed by atoms with Gasteiger partial charge in [0.2, 0.25) is 0 Å². The van der Waals surface area contributed by atoms with Crippen LogP contribution in [0.3, 0.4) is 0 Å². The van der Waals surface area contributed by atoms with Crippen LogP contribution in [0, 0.1) is 3.57 Å². The summed E-state index contributed by atoms with van der Waals surface area (Å²) in [6.07, 6.45) is 0. The van der Waals surface area contributed by atoms with Crippen LogP contribution >= 0.6 is 34.4 Å². The number of halogens is 1. The fourth-order valence-electron chi connectivity index (χ4n) is 1.60. The Bertz CT molecular complexity index is 678. The molecule has 0 radical (unpaired) electrons. The van der Waals surface area contributed by atoms with Crippen LogP contribution in [-0.2, 0) is 0 Å². The molecule has 1 heterocycles. The molecule has 5 heteroatoms. The predicted octanol–water partition coefficient (Wildman–Crippen LogP) is 4.17. The number of nitrogens with two attached hydrogens (primary N) is 1.